The van der Waals surface area contributed by atoms with E-state index >= 15 is 0 Å². The molecule has 12 aromatic rings. The molecular formula is C68H53NS. The maximum Gasteiger partial charge on any atom is 0.0619 e. The Labute approximate surface area is 416 Å². The lowest BCUT2D eigenvalue weighted by molar-refractivity contribution is 1.18. The topological polar surface area (TPSA) is 3.24 Å². The molecule has 0 atom stereocenters. The van der Waals surface area contributed by atoms with Gasteiger partial charge >= 0.3 is 0 Å². The van der Waals surface area contributed by atoms with E-state index in [0.29, 0.717) is 0 Å². The number of nitrogens with zero attached hydrogens (tertiary/aromatic N) is 1. The normalized spacial score (nSPS) is 11.6. The van der Waals surface area contributed by atoms with Crippen molar-refractivity contribution in [3.63, 3.8) is 0 Å². The van der Waals surface area contributed by atoms with Crippen molar-refractivity contribution in [1.29, 1.82) is 0 Å². The van der Waals surface area contributed by atoms with Gasteiger partial charge < -0.3 is 4.90 Å². The van der Waals surface area contributed by atoms with Gasteiger partial charge in [0.1, 0.15) is 0 Å². The van der Waals surface area contributed by atoms with Crippen LogP contribution in [0.1, 0.15) is 25.0 Å². The van der Waals surface area contributed by atoms with Crippen molar-refractivity contribution in [1.82, 2.24) is 0 Å². The molecule has 2 heteroatoms. The minimum Gasteiger partial charge on any atom is -0.307 e. The number of rotatable bonds is 5. The highest BCUT2D eigenvalue weighted by Gasteiger charge is 2.28. The molecule has 1 aliphatic rings. The third-order valence-corrected chi connectivity index (χ3v) is 14.8. The first-order valence-corrected chi connectivity index (χ1v) is 25.2. The number of hydrogen-bond donors (Lipinski definition) is 0. The lowest BCUT2D eigenvalue weighted by Crippen LogP contribution is -2.15. The van der Waals surface area contributed by atoms with E-state index in [1.54, 1.807) is 0 Å². The Kier molecular flexibility index (Phi) is 12.3. The van der Waals surface area contributed by atoms with Crippen molar-refractivity contribution in [3.05, 3.63) is 260 Å². The van der Waals surface area contributed by atoms with Crippen molar-refractivity contribution in [2.45, 2.75) is 37.5 Å². The molecule has 70 heavy (non-hydrogen) atoms. The Bertz CT molecular complexity index is 3710. The molecule has 0 aromatic heterocycles. The molecule has 0 amide bonds. The summed E-state index contributed by atoms with van der Waals surface area (Å²) in [5.41, 5.74) is 16.2. The predicted octanol–water partition coefficient (Wildman–Crippen LogP) is 20.2. The van der Waals surface area contributed by atoms with E-state index in [9.17, 15) is 0 Å². The van der Waals surface area contributed by atoms with Crippen molar-refractivity contribution >= 4 is 71.9 Å². The molecule has 0 fully saturated rings. The Hall–Kier alpha value is -8.17. The third-order valence-electron chi connectivity index (χ3n) is 13.6. The molecule has 0 saturated carbocycles. The van der Waals surface area contributed by atoms with Crippen LogP contribution in [0.15, 0.2) is 259 Å². The quantitative estimate of drug-likeness (QED) is 0.158. The van der Waals surface area contributed by atoms with Crippen molar-refractivity contribution in [2.75, 3.05) is 4.90 Å². The van der Waals surface area contributed by atoms with E-state index in [0.717, 1.165) is 0 Å². The molecule has 0 spiro atoms. The van der Waals surface area contributed by atoms with Crippen LogP contribution in [0.25, 0.3) is 87.6 Å². The van der Waals surface area contributed by atoms with E-state index < -0.39 is 0 Å². The van der Waals surface area contributed by atoms with E-state index in [2.05, 4.69) is 267 Å². The van der Waals surface area contributed by atoms with Gasteiger partial charge in [-0.25, -0.2) is 0 Å². The summed E-state index contributed by atoms with van der Waals surface area (Å²) < 4.78 is 0. The van der Waals surface area contributed by atoms with Crippen LogP contribution in [0.4, 0.5) is 17.1 Å². The molecule has 1 aliphatic heterocycles. The van der Waals surface area contributed by atoms with Crippen molar-refractivity contribution in [2.24, 2.45) is 0 Å². The molecular weight excluding hydrogens is 863 g/mol. The highest BCUT2D eigenvalue weighted by atomic mass is 32.2. The molecule has 0 aliphatic carbocycles. The fraction of sp³-hybridized carbons (Fsp3) is 0.0588. The maximum atomic E-state index is 2.50. The number of aryl methyl sites for hydroxylation is 2. The van der Waals surface area contributed by atoms with Crippen LogP contribution in [0, 0.1) is 13.8 Å². The summed E-state index contributed by atoms with van der Waals surface area (Å²) in [6.07, 6.45) is 0. The van der Waals surface area contributed by atoms with Crippen molar-refractivity contribution in [3.8, 4) is 44.5 Å². The fourth-order valence-corrected chi connectivity index (χ4v) is 11.3. The van der Waals surface area contributed by atoms with Gasteiger partial charge in [-0.15, -0.1) is 0 Å². The first-order chi connectivity index (χ1) is 34.6. The third kappa shape index (κ3) is 8.01. The van der Waals surface area contributed by atoms with Crippen LogP contribution in [0.5, 0.6) is 0 Å². The molecule has 1 nitrogen and oxygen atoms in total. The molecule has 0 bridgehead atoms. The Morgan fingerprint density at radius 3 is 1.07 bits per heavy atom. The average molecular weight is 916 g/mol. The second kappa shape index (κ2) is 19.4. The molecule has 0 radical (unpaired) electrons. The summed E-state index contributed by atoms with van der Waals surface area (Å²) >= 11 is 1.85. The highest BCUT2D eigenvalue weighted by Crippen LogP contribution is 2.55. The minimum absolute atomic E-state index is 1.20. The van der Waals surface area contributed by atoms with Crippen LogP contribution in [0.2, 0.25) is 0 Å². The Morgan fingerprint density at radius 2 is 0.600 bits per heavy atom. The van der Waals surface area contributed by atoms with Gasteiger partial charge in [0.2, 0.25) is 0 Å². The summed E-state index contributed by atoms with van der Waals surface area (Å²) in [6, 6.07) is 90.9. The van der Waals surface area contributed by atoms with Crippen LogP contribution < -0.4 is 4.90 Å². The summed E-state index contributed by atoms with van der Waals surface area (Å²) in [5.74, 6) is 0. The first kappa shape index (κ1) is 44.3. The monoisotopic (exact) mass is 915 g/mol. The maximum absolute atomic E-state index is 2.50. The zero-order chi connectivity index (χ0) is 47.6. The number of fused-ring (bicyclic) bond motifs is 6. The van der Waals surface area contributed by atoms with Gasteiger partial charge in [0.15, 0.2) is 0 Å². The van der Waals surface area contributed by atoms with Crippen LogP contribution >= 0.6 is 11.8 Å². The van der Waals surface area contributed by atoms with Gasteiger partial charge in [-0.2, -0.15) is 0 Å². The Balaban J connectivity index is 0.000000483. The van der Waals surface area contributed by atoms with E-state index in [1.807, 2.05) is 25.6 Å². The van der Waals surface area contributed by atoms with Gasteiger partial charge in [-0.3, -0.25) is 0 Å². The van der Waals surface area contributed by atoms with Crippen molar-refractivity contribution < 1.29 is 0 Å². The lowest BCUT2D eigenvalue weighted by atomic mass is 9.84. The predicted molar refractivity (Wildman–Crippen MR) is 304 cm³/mol. The molecule has 336 valence electrons. The largest absolute Gasteiger partial charge is 0.307 e. The van der Waals surface area contributed by atoms with Gasteiger partial charge in [-0.05, 0) is 132 Å². The SMILES string of the molecule is CC.Cc1ccccc1C.c1ccc(-c2ccc3c(-c4ccc(-c5c6ccccc6c(N6c7ccccc7Sc7ccccc76)c6ccccc56)cc4)c4ccccc4c(-c4ccccc4)c3c2)cc1. The Morgan fingerprint density at radius 1 is 0.271 bits per heavy atom. The zero-order valence-electron chi connectivity index (χ0n) is 40.0. The fourth-order valence-electron chi connectivity index (χ4n) is 10.3. The van der Waals surface area contributed by atoms with Gasteiger partial charge in [0.05, 0.1) is 17.1 Å². The van der Waals surface area contributed by atoms with Gasteiger partial charge in [0, 0.05) is 20.6 Å². The minimum atomic E-state index is 1.20. The van der Waals surface area contributed by atoms with E-state index in [1.165, 1.54) is 126 Å². The number of para-hydroxylation sites is 2. The van der Waals surface area contributed by atoms with Gasteiger partial charge in [0.25, 0.3) is 0 Å². The summed E-state index contributed by atoms with van der Waals surface area (Å²) in [6.45, 7) is 8.24. The van der Waals surface area contributed by atoms with Crippen LogP contribution in [-0.4, -0.2) is 0 Å². The van der Waals surface area contributed by atoms with Crippen LogP contribution in [-0.2, 0) is 0 Å². The summed E-state index contributed by atoms with van der Waals surface area (Å²) in [7, 11) is 0. The van der Waals surface area contributed by atoms with E-state index in [4.69, 9.17) is 0 Å². The standard InChI is InChI=1S/C58H37NS.C8H10.C2H6/c1-3-17-38(18-4-1)42-35-36-47-50(37-42)57(39-19-5-2-6-20-39)44-22-8-7-21-43(44)55(47)40-31-33-41(34-32-40)56-45-23-9-11-25-48(45)58(49-26-12-10-24-46(49)56)59-51-27-13-15-29-53(51)60-54-30-16-14-28-52(54)59;1-7-5-3-4-6-8(7)2;1-2/h1-37H;3-6H,1-2H3;1-2H3. The molecule has 13 rings (SSSR count). The average Bonchev–Trinajstić information content (AvgIpc) is 3.43. The molecule has 0 unspecified atom stereocenters. The summed E-state index contributed by atoms with van der Waals surface area (Å²) in [5, 5.41) is 9.96. The molecule has 0 N–H and O–H groups in total. The highest BCUT2D eigenvalue weighted by molar-refractivity contribution is 7.99. The van der Waals surface area contributed by atoms with Crippen LogP contribution in [0.3, 0.4) is 0 Å². The molecule has 12 aromatic carbocycles. The summed E-state index contributed by atoms with van der Waals surface area (Å²) in [4.78, 5) is 5.02. The second-order valence-corrected chi connectivity index (χ2v) is 18.7. The number of benzene rings is 12. The second-order valence-electron chi connectivity index (χ2n) is 17.6. The number of anilines is 3. The smallest absolute Gasteiger partial charge is 0.0619 e. The molecule has 0 saturated heterocycles. The zero-order valence-corrected chi connectivity index (χ0v) is 40.8. The lowest BCUT2D eigenvalue weighted by Gasteiger charge is -2.35. The first-order valence-electron chi connectivity index (χ1n) is 24.4. The van der Waals surface area contributed by atoms with E-state index in [-0.39, 0.29) is 0 Å². The number of hydrogen-bond acceptors (Lipinski definition) is 2. The molecule has 1 heterocycles. The van der Waals surface area contributed by atoms with Gasteiger partial charge in [-0.1, -0.05) is 244 Å².